The highest BCUT2D eigenvalue weighted by Crippen LogP contribution is 2.28. The van der Waals surface area contributed by atoms with Gasteiger partial charge < -0.3 is 15.0 Å². The number of aromatic amines is 2. The van der Waals surface area contributed by atoms with Gasteiger partial charge in [0.2, 0.25) is 0 Å². The second kappa shape index (κ2) is 6.57. The predicted octanol–water partition coefficient (Wildman–Crippen LogP) is 4.70. The third-order valence-electron chi connectivity index (χ3n) is 4.00. The van der Waals surface area contributed by atoms with Crippen LogP contribution in [-0.2, 0) is 0 Å². The first-order valence-corrected chi connectivity index (χ1v) is 8.32. The molecule has 130 valence electrons. The zero-order valence-corrected chi connectivity index (χ0v) is 14.8. The van der Waals surface area contributed by atoms with Gasteiger partial charge in [0, 0.05) is 11.8 Å². The Balaban J connectivity index is 1.54. The lowest BCUT2D eigenvalue weighted by atomic mass is 10.1. The number of nitrogens with one attached hydrogen (secondary N) is 3. The Labute approximate surface area is 154 Å². The van der Waals surface area contributed by atoms with E-state index < -0.39 is 0 Å². The first-order valence-electron chi connectivity index (χ1n) is 7.94. The summed E-state index contributed by atoms with van der Waals surface area (Å²) in [6.45, 7) is 4.05. The van der Waals surface area contributed by atoms with Crippen LogP contribution in [0.5, 0.6) is 5.75 Å². The fraction of sp³-hybridized carbons (Fsp3) is 0.0526. The van der Waals surface area contributed by atoms with Crippen molar-refractivity contribution < 1.29 is 4.74 Å². The summed E-state index contributed by atoms with van der Waals surface area (Å²) in [7, 11) is 1.58. The molecule has 2 heterocycles. The number of aromatic nitrogens is 4. The van der Waals surface area contributed by atoms with Gasteiger partial charge in [-0.1, -0.05) is 30.3 Å². The van der Waals surface area contributed by atoms with Gasteiger partial charge in [0.05, 0.1) is 23.2 Å². The summed E-state index contributed by atoms with van der Waals surface area (Å²) < 4.78 is 5.17. The van der Waals surface area contributed by atoms with Gasteiger partial charge in [-0.2, -0.15) is 5.10 Å². The summed E-state index contributed by atoms with van der Waals surface area (Å²) in [5.41, 5.74) is 4.19. The summed E-state index contributed by atoms with van der Waals surface area (Å²) in [4.78, 5) is 7.82. The minimum absolute atomic E-state index is 0.526. The number of nitrogens with zero attached hydrogens (tertiary/aromatic N) is 2. The molecule has 0 atom stereocenters. The van der Waals surface area contributed by atoms with Gasteiger partial charge >= 0.3 is 0 Å². The number of halogens is 1. The molecule has 4 aromatic rings. The van der Waals surface area contributed by atoms with E-state index in [2.05, 4.69) is 32.1 Å². The number of ether oxygens (including phenoxy) is 1. The number of fused-ring (bicyclic) bond motifs is 1. The van der Waals surface area contributed by atoms with E-state index in [1.165, 1.54) is 0 Å². The average Bonchev–Trinajstić information content (AvgIpc) is 3.28. The molecular formula is C19H16ClN5O. The smallest absolute Gasteiger partial charge is 0.156 e. The number of hydrogen-bond acceptors (Lipinski definition) is 4. The minimum Gasteiger partial charge on any atom is -0.495 e. The van der Waals surface area contributed by atoms with Crippen LogP contribution in [0.25, 0.3) is 28.2 Å². The number of H-pyrrole nitrogens is 2. The summed E-state index contributed by atoms with van der Waals surface area (Å²) in [6, 6.07) is 15.2. The maximum atomic E-state index is 6.17. The van der Waals surface area contributed by atoms with Crippen LogP contribution in [0.2, 0.25) is 5.02 Å². The molecule has 26 heavy (non-hydrogen) atoms. The van der Waals surface area contributed by atoms with E-state index in [1.807, 2.05) is 36.4 Å². The van der Waals surface area contributed by atoms with Gasteiger partial charge in [0.15, 0.2) is 11.6 Å². The third kappa shape index (κ3) is 3.02. The highest BCUT2D eigenvalue weighted by atomic mass is 35.5. The standard InChI is InChI=1S/C19H16ClN5O/c1-11(12-7-8-17(26-2)13(20)9-12)21-18-10-16(24-25-18)19-22-14-5-3-4-6-15(14)23-19/h3-10H,1H2,2H3,(H,22,23)(H2,21,24,25). The van der Waals surface area contributed by atoms with Crippen LogP contribution in [-0.4, -0.2) is 27.3 Å². The number of hydrogen-bond donors (Lipinski definition) is 3. The Kier molecular flexibility index (Phi) is 4.10. The van der Waals surface area contributed by atoms with Crippen molar-refractivity contribution >= 4 is 34.1 Å². The average molecular weight is 366 g/mol. The van der Waals surface area contributed by atoms with Crippen molar-refractivity contribution in [3.05, 3.63) is 65.7 Å². The quantitative estimate of drug-likeness (QED) is 0.479. The first-order chi connectivity index (χ1) is 12.6. The van der Waals surface area contributed by atoms with Crippen LogP contribution < -0.4 is 10.1 Å². The monoisotopic (exact) mass is 365 g/mol. The van der Waals surface area contributed by atoms with Crippen LogP contribution in [0, 0.1) is 0 Å². The molecule has 7 heteroatoms. The molecule has 0 fully saturated rings. The Morgan fingerprint density at radius 2 is 2.04 bits per heavy atom. The van der Waals surface area contributed by atoms with Crippen LogP contribution in [0.3, 0.4) is 0 Å². The molecule has 0 saturated carbocycles. The third-order valence-corrected chi connectivity index (χ3v) is 4.30. The number of methoxy groups -OCH3 is 1. The van der Waals surface area contributed by atoms with Crippen molar-refractivity contribution in [2.75, 3.05) is 12.4 Å². The SMILES string of the molecule is C=C(Nc1cc(-c2nc3ccccc3[nH]2)[nH]n1)c1ccc(OC)c(Cl)c1. The molecule has 2 aromatic carbocycles. The second-order valence-electron chi connectivity index (χ2n) is 5.72. The molecule has 3 N–H and O–H groups in total. The van der Waals surface area contributed by atoms with Gasteiger partial charge in [0.25, 0.3) is 0 Å². The van der Waals surface area contributed by atoms with Crippen molar-refractivity contribution in [1.29, 1.82) is 0 Å². The van der Waals surface area contributed by atoms with Crippen LogP contribution >= 0.6 is 11.6 Å². The van der Waals surface area contributed by atoms with E-state index in [1.54, 1.807) is 19.2 Å². The molecule has 0 unspecified atom stereocenters. The lowest BCUT2D eigenvalue weighted by Crippen LogP contribution is -1.98. The number of imidazole rings is 1. The van der Waals surface area contributed by atoms with Crippen LogP contribution in [0.15, 0.2) is 55.1 Å². The highest BCUT2D eigenvalue weighted by molar-refractivity contribution is 6.32. The van der Waals surface area contributed by atoms with E-state index in [0.717, 1.165) is 28.1 Å². The summed E-state index contributed by atoms with van der Waals surface area (Å²) in [5, 5.41) is 10.9. The lowest BCUT2D eigenvalue weighted by molar-refractivity contribution is 0.415. The maximum Gasteiger partial charge on any atom is 0.156 e. The molecule has 0 saturated heterocycles. The molecule has 0 spiro atoms. The van der Waals surface area contributed by atoms with Gasteiger partial charge in [-0.25, -0.2) is 4.98 Å². The van der Waals surface area contributed by atoms with E-state index >= 15 is 0 Å². The zero-order valence-electron chi connectivity index (χ0n) is 14.0. The molecule has 0 bridgehead atoms. The Hall–Kier alpha value is -3.25. The molecule has 0 aliphatic rings. The number of para-hydroxylation sites is 2. The van der Waals surface area contributed by atoms with E-state index in [-0.39, 0.29) is 0 Å². The largest absolute Gasteiger partial charge is 0.495 e. The van der Waals surface area contributed by atoms with Crippen molar-refractivity contribution in [3.63, 3.8) is 0 Å². The van der Waals surface area contributed by atoms with Gasteiger partial charge in [-0.05, 0) is 35.9 Å². The Morgan fingerprint density at radius 3 is 2.81 bits per heavy atom. The second-order valence-corrected chi connectivity index (χ2v) is 6.13. The van der Waals surface area contributed by atoms with Gasteiger partial charge in [0.1, 0.15) is 11.4 Å². The van der Waals surface area contributed by atoms with Crippen molar-refractivity contribution in [2.45, 2.75) is 0 Å². The van der Waals surface area contributed by atoms with E-state index in [0.29, 0.717) is 22.3 Å². The molecule has 2 aromatic heterocycles. The minimum atomic E-state index is 0.526. The molecule has 0 radical (unpaired) electrons. The number of anilines is 1. The van der Waals surface area contributed by atoms with Crippen molar-refractivity contribution in [2.24, 2.45) is 0 Å². The Bertz CT molecular complexity index is 1070. The summed E-state index contributed by atoms with van der Waals surface area (Å²) >= 11 is 6.17. The maximum absolute atomic E-state index is 6.17. The highest BCUT2D eigenvalue weighted by Gasteiger charge is 2.10. The Morgan fingerprint density at radius 1 is 1.19 bits per heavy atom. The summed E-state index contributed by atoms with van der Waals surface area (Å²) in [5.74, 6) is 1.98. The van der Waals surface area contributed by atoms with E-state index in [4.69, 9.17) is 16.3 Å². The zero-order chi connectivity index (χ0) is 18.1. The fourth-order valence-corrected chi connectivity index (χ4v) is 2.93. The molecule has 0 aliphatic carbocycles. The van der Waals surface area contributed by atoms with Gasteiger partial charge in [-0.15, -0.1) is 0 Å². The number of benzene rings is 2. The van der Waals surface area contributed by atoms with Crippen LogP contribution in [0.4, 0.5) is 5.82 Å². The predicted molar refractivity (Wildman–Crippen MR) is 104 cm³/mol. The molecule has 6 nitrogen and oxygen atoms in total. The normalized spacial score (nSPS) is 10.8. The summed E-state index contributed by atoms with van der Waals surface area (Å²) in [6.07, 6.45) is 0. The van der Waals surface area contributed by atoms with E-state index in [9.17, 15) is 0 Å². The first kappa shape index (κ1) is 16.2. The topological polar surface area (TPSA) is 78.6 Å². The fourth-order valence-electron chi connectivity index (χ4n) is 2.67. The van der Waals surface area contributed by atoms with Gasteiger partial charge in [-0.3, -0.25) is 5.10 Å². The lowest BCUT2D eigenvalue weighted by Gasteiger charge is -2.09. The van der Waals surface area contributed by atoms with Crippen LogP contribution in [0.1, 0.15) is 5.56 Å². The molecule has 0 amide bonds. The van der Waals surface area contributed by atoms with Crippen molar-refractivity contribution in [1.82, 2.24) is 20.2 Å². The molecule has 4 rings (SSSR count). The molecular weight excluding hydrogens is 350 g/mol. The molecule has 0 aliphatic heterocycles. The number of rotatable bonds is 5. The van der Waals surface area contributed by atoms with Crippen molar-refractivity contribution in [3.8, 4) is 17.3 Å².